The summed E-state index contributed by atoms with van der Waals surface area (Å²) < 4.78 is 0. The van der Waals surface area contributed by atoms with Gasteiger partial charge in [-0.15, -0.1) is 0 Å². The van der Waals surface area contributed by atoms with E-state index >= 15 is 0 Å². The molecule has 0 aliphatic carbocycles. The van der Waals surface area contributed by atoms with E-state index in [2.05, 4.69) is 42.2 Å². The number of hydrogen-bond donors (Lipinski definition) is 3. The molecule has 0 rings (SSSR count). The second-order valence-electron chi connectivity index (χ2n) is 2.82. The Bertz CT molecular complexity index is 200. The fourth-order valence-corrected chi connectivity index (χ4v) is 0. The molecule has 0 saturated heterocycles. The lowest BCUT2D eigenvalue weighted by Gasteiger charge is -1.53. The summed E-state index contributed by atoms with van der Waals surface area (Å²) >= 11 is 0. The third-order valence-electron chi connectivity index (χ3n) is 1.29. The van der Waals surface area contributed by atoms with Crippen molar-refractivity contribution in [3.05, 3.63) is 0 Å². The van der Waals surface area contributed by atoms with E-state index in [1.54, 1.807) is 66.3 Å². The molecule has 0 aromatic rings. The van der Waals surface area contributed by atoms with Crippen LogP contribution >= 0.6 is 0 Å². The van der Waals surface area contributed by atoms with Gasteiger partial charge in [0.1, 0.15) is 6.29 Å². The second-order valence-corrected chi connectivity index (χ2v) is 2.82. The van der Waals surface area contributed by atoms with Crippen LogP contribution in [0, 0.1) is 0 Å². The molecule has 0 atom stereocenters. The summed E-state index contributed by atoms with van der Waals surface area (Å²) in [5, 5.41) is 0. The van der Waals surface area contributed by atoms with E-state index in [0.717, 1.165) is 6.29 Å². The zero-order valence-electron chi connectivity index (χ0n) is 21.8. The van der Waals surface area contributed by atoms with Crippen molar-refractivity contribution in [1.82, 2.24) is 0 Å². The number of nitrogens with zero attached hydrogens (tertiary/aromatic N) is 5. The molecule has 29 heavy (non-hydrogen) atoms. The van der Waals surface area contributed by atoms with Gasteiger partial charge in [-0.2, -0.15) is 0 Å². The van der Waals surface area contributed by atoms with Gasteiger partial charge < -0.3 is 47.0 Å². The summed E-state index contributed by atoms with van der Waals surface area (Å²) in [5.74, 6) is 0. The third-order valence-corrected chi connectivity index (χ3v) is 1.29. The minimum Gasteiger partial charge on any atom is -0.333 e. The van der Waals surface area contributed by atoms with Gasteiger partial charge in [-0.25, -0.2) is 0 Å². The standard InChI is InChI=1S/5C3H7N.C2H4O.3CH5N/c5*1-3-4-2;1-2-3;3*1-2/h5*3H,1-2H3;2H,1H3;3*2H2,1H3. The highest BCUT2D eigenvalue weighted by Gasteiger charge is 1.34. The maximum atomic E-state index is 8.81. The molecule has 0 heterocycles. The van der Waals surface area contributed by atoms with Gasteiger partial charge in [0.05, 0.1) is 0 Å². The second kappa shape index (κ2) is 203. The van der Waals surface area contributed by atoms with Gasteiger partial charge in [0.25, 0.3) is 0 Å². The Labute approximate surface area is 182 Å². The highest BCUT2D eigenvalue weighted by molar-refractivity contribution is 5.53. The molecule has 0 saturated carbocycles. The lowest BCUT2D eigenvalue weighted by molar-refractivity contribution is -0.106. The van der Waals surface area contributed by atoms with Crippen LogP contribution in [0.15, 0.2) is 25.0 Å². The molecule has 0 bridgehead atoms. The number of aldehydes is 1. The predicted octanol–water partition coefficient (Wildman–Crippen LogP) is 2.46. The molecular formula is C20H54N8O. The Morgan fingerprint density at radius 3 is 0.448 bits per heavy atom. The Morgan fingerprint density at radius 2 is 0.448 bits per heavy atom. The van der Waals surface area contributed by atoms with Gasteiger partial charge in [0, 0.05) is 35.2 Å². The number of aliphatic imine (C=N–C) groups is 5. The quantitative estimate of drug-likeness (QED) is 0.404. The highest BCUT2D eigenvalue weighted by Crippen LogP contribution is 1.41. The molecule has 0 aromatic carbocycles. The van der Waals surface area contributed by atoms with E-state index in [4.69, 9.17) is 4.79 Å². The minimum atomic E-state index is 0.750. The van der Waals surface area contributed by atoms with Crippen molar-refractivity contribution >= 4 is 37.4 Å². The Morgan fingerprint density at radius 1 is 0.414 bits per heavy atom. The fourth-order valence-electron chi connectivity index (χ4n) is 0. The SMILES string of the molecule is CC=NC.CC=NC.CC=NC.CC=NC.CC=NC.CC=O.CN.CN.CN. The van der Waals surface area contributed by atoms with Gasteiger partial charge in [-0.05, 0) is 93.8 Å². The third kappa shape index (κ3) is 1760. The van der Waals surface area contributed by atoms with Crippen molar-refractivity contribution in [2.24, 2.45) is 42.2 Å². The molecular weight excluding hydrogens is 368 g/mol. The molecule has 6 N–H and O–H groups in total. The van der Waals surface area contributed by atoms with Crippen LogP contribution in [0.5, 0.6) is 0 Å². The number of hydrogen-bond acceptors (Lipinski definition) is 9. The fraction of sp³-hybridized carbons (Fsp3) is 0.700. The maximum absolute atomic E-state index is 8.81. The molecule has 9 nitrogen and oxygen atoms in total. The van der Waals surface area contributed by atoms with Crippen molar-refractivity contribution in [2.75, 3.05) is 56.4 Å². The summed E-state index contributed by atoms with van der Waals surface area (Å²) in [6, 6.07) is 0. The molecule has 0 fully saturated rings. The average molecular weight is 423 g/mol. The summed E-state index contributed by atoms with van der Waals surface area (Å²) in [6.07, 6.45) is 9.50. The van der Waals surface area contributed by atoms with E-state index in [9.17, 15) is 0 Å². The first-order valence-corrected chi connectivity index (χ1v) is 8.96. The predicted molar refractivity (Wildman–Crippen MR) is 143 cm³/mol. The zero-order chi connectivity index (χ0) is 25.8. The first-order chi connectivity index (χ1) is 14.0. The van der Waals surface area contributed by atoms with E-state index in [1.807, 2.05) is 34.6 Å². The maximum Gasteiger partial charge on any atom is 0.116 e. The lowest BCUT2D eigenvalue weighted by atomic mass is 10.9. The highest BCUT2D eigenvalue weighted by atomic mass is 16.1. The van der Waals surface area contributed by atoms with Crippen LogP contribution in [0.4, 0.5) is 0 Å². The number of carbonyl (C=O) groups excluding carboxylic acids is 1. The molecule has 0 aliphatic heterocycles. The molecule has 9 heteroatoms. The van der Waals surface area contributed by atoms with Crippen LogP contribution in [0.2, 0.25) is 0 Å². The molecule has 0 unspecified atom stereocenters. The first kappa shape index (κ1) is 56.3. The van der Waals surface area contributed by atoms with Gasteiger partial charge in [0.15, 0.2) is 0 Å². The smallest absolute Gasteiger partial charge is 0.116 e. The molecule has 0 aliphatic rings. The van der Waals surface area contributed by atoms with Gasteiger partial charge in [-0.1, -0.05) is 0 Å². The summed E-state index contributed by atoms with van der Waals surface area (Å²) in [7, 11) is 13.2. The molecule has 180 valence electrons. The van der Waals surface area contributed by atoms with Crippen molar-refractivity contribution < 1.29 is 4.79 Å². The van der Waals surface area contributed by atoms with Crippen LogP contribution < -0.4 is 17.2 Å². The molecule has 0 amide bonds. The normalized spacial score (nSPS) is 7.62. The summed E-state index contributed by atoms with van der Waals surface area (Å²) in [4.78, 5) is 26.9. The van der Waals surface area contributed by atoms with E-state index in [-0.39, 0.29) is 0 Å². The van der Waals surface area contributed by atoms with E-state index in [0.29, 0.717) is 0 Å². The van der Waals surface area contributed by atoms with Crippen LogP contribution in [-0.2, 0) is 4.79 Å². The Balaban J connectivity index is -0.0000000225. The largest absolute Gasteiger partial charge is 0.333 e. The lowest BCUT2D eigenvalue weighted by Crippen LogP contribution is -1.69. The van der Waals surface area contributed by atoms with Crippen molar-refractivity contribution in [3.8, 4) is 0 Å². The van der Waals surface area contributed by atoms with Crippen LogP contribution in [0.3, 0.4) is 0 Å². The topological polar surface area (TPSA) is 157 Å². The minimum absolute atomic E-state index is 0.750. The van der Waals surface area contributed by atoms with Crippen molar-refractivity contribution in [3.63, 3.8) is 0 Å². The summed E-state index contributed by atoms with van der Waals surface area (Å²) in [6.45, 7) is 10.9. The van der Waals surface area contributed by atoms with Gasteiger partial charge >= 0.3 is 0 Å². The zero-order valence-corrected chi connectivity index (χ0v) is 21.8. The average Bonchev–Trinajstić information content (AvgIpc) is 2.83. The number of rotatable bonds is 0. The van der Waals surface area contributed by atoms with Crippen LogP contribution in [0.1, 0.15) is 41.5 Å². The molecule has 0 spiro atoms. The Kier molecular flexibility index (Phi) is 394. The first-order valence-electron chi connectivity index (χ1n) is 8.96. The Hall–Kier alpha value is -2.10. The van der Waals surface area contributed by atoms with Gasteiger partial charge in [0.2, 0.25) is 0 Å². The van der Waals surface area contributed by atoms with E-state index in [1.165, 1.54) is 28.1 Å². The summed E-state index contributed by atoms with van der Waals surface area (Å²) in [5.41, 5.74) is 13.5. The van der Waals surface area contributed by atoms with Crippen LogP contribution in [-0.4, -0.2) is 93.7 Å². The van der Waals surface area contributed by atoms with E-state index < -0.39 is 0 Å². The molecule has 0 aromatic heterocycles. The van der Waals surface area contributed by atoms with Crippen LogP contribution in [0.25, 0.3) is 0 Å². The number of nitrogens with two attached hydrogens (primary N) is 3. The van der Waals surface area contributed by atoms with Crippen molar-refractivity contribution in [1.29, 1.82) is 0 Å². The molecule has 0 radical (unpaired) electrons. The van der Waals surface area contributed by atoms with Crippen molar-refractivity contribution in [2.45, 2.75) is 41.5 Å². The number of carbonyl (C=O) groups is 1. The monoisotopic (exact) mass is 422 g/mol. The van der Waals surface area contributed by atoms with Gasteiger partial charge in [-0.3, -0.25) is 0 Å².